The molecule has 0 aromatic carbocycles. The normalized spacial score (nSPS) is 21.0. The number of carbonyl (C=O) groups is 2. The highest BCUT2D eigenvalue weighted by Crippen LogP contribution is 2.24. The maximum absolute atomic E-state index is 11.6. The van der Waals surface area contributed by atoms with Gasteiger partial charge in [0.15, 0.2) is 0 Å². The first-order valence-corrected chi connectivity index (χ1v) is 8.07. The van der Waals surface area contributed by atoms with E-state index >= 15 is 0 Å². The number of pyridine rings is 1. The van der Waals surface area contributed by atoms with E-state index in [0.717, 1.165) is 5.56 Å². The number of carboxylic acid groups (broad SMARTS) is 1. The Morgan fingerprint density at radius 3 is 2.80 bits per heavy atom. The van der Waals surface area contributed by atoms with Gasteiger partial charge in [-0.05, 0) is 26.8 Å². The molecule has 0 aliphatic carbocycles. The van der Waals surface area contributed by atoms with Gasteiger partial charge < -0.3 is 19.3 Å². The second-order valence-electron chi connectivity index (χ2n) is 6.80. The van der Waals surface area contributed by atoms with E-state index in [1.165, 1.54) is 4.90 Å². The molecular formula is C17H24N2O6. The molecule has 1 aliphatic rings. The van der Waals surface area contributed by atoms with Gasteiger partial charge in [0.1, 0.15) is 18.3 Å². The van der Waals surface area contributed by atoms with E-state index in [1.807, 2.05) is 6.07 Å². The molecule has 8 nitrogen and oxygen atoms in total. The minimum Gasteiger partial charge on any atom is -0.465 e. The number of ether oxygens (including phenoxy) is 3. The van der Waals surface area contributed by atoms with Gasteiger partial charge in [-0.15, -0.1) is 0 Å². The zero-order valence-electron chi connectivity index (χ0n) is 14.7. The van der Waals surface area contributed by atoms with Crippen LogP contribution in [0.15, 0.2) is 24.5 Å². The molecule has 0 radical (unpaired) electrons. The summed E-state index contributed by atoms with van der Waals surface area (Å²) in [4.78, 5) is 28.5. The van der Waals surface area contributed by atoms with Crippen molar-refractivity contribution < 1.29 is 28.9 Å². The number of aromatic nitrogens is 1. The Labute approximate surface area is 146 Å². The maximum atomic E-state index is 11.6. The SMILES string of the molecule is CC(C)(C)OC(=O)COCC1COC(c2cccnc2)CN1C(=O)O. The Morgan fingerprint density at radius 2 is 2.20 bits per heavy atom. The number of morpholine rings is 1. The van der Waals surface area contributed by atoms with Crippen LogP contribution in [-0.4, -0.2) is 65.1 Å². The molecule has 8 heteroatoms. The predicted molar refractivity (Wildman–Crippen MR) is 88.1 cm³/mol. The van der Waals surface area contributed by atoms with Gasteiger partial charge >= 0.3 is 12.1 Å². The lowest BCUT2D eigenvalue weighted by molar-refractivity contribution is -0.161. The second kappa shape index (κ2) is 8.26. The summed E-state index contributed by atoms with van der Waals surface area (Å²) >= 11 is 0. The van der Waals surface area contributed by atoms with E-state index < -0.39 is 23.7 Å². The smallest absolute Gasteiger partial charge is 0.407 e. The fraction of sp³-hybridized carbons (Fsp3) is 0.588. The molecule has 25 heavy (non-hydrogen) atoms. The van der Waals surface area contributed by atoms with Crippen LogP contribution in [0.5, 0.6) is 0 Å². The fourth-order valence-corrected chi connectivity index (χ4v) is 2.49. The first-order chi connectivity index (χ1) is 11.8. The standard InChI is InChI=1S/C17H24N2O6/c1-17(2,3)25-15(20)11-23-9-13-10-24-14(8-19(13)16(21)22)12-5-4-6-18-7-12/h4-7,13-14H,8-11H2,1-3H3,(H,21,22). The largest absolute Gasteiger partial charge is 0.465 e. The topological polar surface area (TPSA) is 98.2 Å². The van der Waals surface area contributed by atoms with E-state index in [-0.39, 0.29) is 32.5 Å². The number of nitrogens with zero attached hydrogens (tertiary/aromatic N) is 2. The molecule has 2 rings (SSSR count). The summed E-state index contributed by atoms with van der Waals surface area (Å²) in [6, 6.07) is 3.14. The molecule has 1 aromatic rings. The second-order valence-corrected chi connectivity index (χ2v) is 6.80. The van der Waals surface area contributed by atoms with Crippen molar-refractivity contribution in [3.05, 3.63) is 30.1 Å². The van der Waals surface area contributed by atoms with Gasteiger partial charge in [-0.25, -0.2) is 9.59 Å². The van der Waals surface area contributed by atoms with E-state index in [1.54, 1.807) is 39.2 Å². The van der Waals surface area contributed by atoms with Crippen molar-refractivity contribution in [3.63, 3.8) is 0 Å². The Hall–Kier alpha value is -2.19. The van der Waals surface area contributed by atoms with Gasteiger partial charge in [0.25, 0.3) is 0 Å². The average molecular weight is 352 g/mol. The van der Waals surface area contributed by atoms with Crippen molar-refractivity contribution in [1.29, 1.82) is 0 Å². The Bertz CT molecular complexity index is 587. The third-order valence-electron chi connectivity index (χ3n) is 3.55. The van der Waals surface area contributed by atoms with Crippen LogP contribution in [0, 0.1) is 0 Å². The van der Waals surface area contributed by atoms with Gasteiger partial charge in [0.2, 0.25) is 0 Å². The van der Waals surface area contributed by atoms with Crippen LogP contribution < -0.4 is 0 Å². The van der Waals surface area contributed by atoms with E-state index in [9.17, 15) is 14.7 Å². The molecule has 1 saturated heterocycles. The Balaban J connectivity index is 1.87. The van der Waals surface area contributed by atoms with Crippen molar-refractivity contribution in [1.82, 2.24) is 9.88 Å². The summed E-state index contributed by atoms with van der Waals surface area (Å²) in [6.45, 7) is 5.50. The van der Waals surface area contributed by atoms with Gasteiger partial charge in [0.05, 0.1) is 25.8 Å². The highest BCUT2D eigenvalue weighted by molar-refractivity contribution is 5.71. The van der Waals surface area contributed by atoms with Crippen LogP contribution in [0.4, 0.5) is 4.79 Å². The lowest BCUT2D eigenvalue weighted by Gasteiger charge is -2.37. The molecule has 0 saturated carbocycles. The monoisotopic (exact) mass is 352 g/mol. The Kier molecular flexibility index (Phi) is 6.33. The maximum Gasteiger partial charge on any atom is 0.407 e. The third-order valence-corrected chi connectivity index (χ3v) is 3.55. The van der Waals surface area contributed by atoms with Crippen LogP contribution in [0.25, 0.3) is 0 Å². The van der Waals surface area contributed by atoms with Crippen molar-refractivity contribution in [2.75, 3.05) is 26.4 Å². The van der Waals surface area contributed by atoms with Crippen molar-refractivity contribution in [2.24, 2.45) is 0 Å². The highest BCUT2D eigenvalue weighted by Gasteiger charge is 2.33. The van der Waals surface area contributed by atoms with Crippen molar-refractivity contribution in [3.8, 4) is 0 Å². The van der Waals surface area contributed by atoms with E-state index in [0.29, 0.717) is 0 Å². The molecule has 138 valence electrons. The lowest BCUT2D eigenvalue weighted by atomic mass is 10.1. The molecule has 1 N–H and O–H groups in total. The quantitative estimate of drug-likeness (QED) is 0.808. The first-order valence-electron chi connectivity index (χ1n) is 8.07. The molecule has 2 atom stereocenters. The number of carbonyl (C=O) groups excluding carboxylic acids is 1. The Morgan fingerprint density at radius 1 is 1.44 bits per heavy atom. The van der Waals surface area contributed by atoms with Crippen molar-refractivity contribution in [2.45, 2.75) is 38.5 Å². The van der Waals surface area contributed by atoms with Crippen LogP contribution in [0.1, 0.15) is 32.4 Å². The number of hydrogen-bond acceptors (Lipinski definition) is 6. The summed E-state index contributed by atoms with van der Waals surface area (Å²) < 4.78 is 16.2. The molecule has 2 heterocycles. The summed E-state index contributed by atoms with van der Waals surface area (Å²) in [5.41, 5.74) is 0.236. The third kappa shape index (κ3) is 5.99. The molecule has 0 spiro atoms. The van der Waals surface area contributed by atoms with E-state index in [4.69, 9.17) is 14.2 Å². The molecule has 1 fully saturated rings. The van der Waals surface area contributed by atoms with Gasteiger partial charge in [-0.1, -0.05) is 6.07 Å². The number of hydrogen-bond donors (Lipinski definition) is 1. The lowest BCUT2D eigenvalue weighted by Crippen LogP contribution is -2.51. The summed E-state index contributed by atoms with van der Waals surface area (Å²) in [7, 11) is 0. The highest BCUT2D eigenvalue weighted by atomic mass is 16.6. The van der Waals surface area contributed by atoms with Crippen LogP contribution in [-0.2, 0) is 19.0 Å². The van der Waals surface area contributed by atoms with Crippen molar-refractivity contribution >= 4 is 12.1 Å². The average Bonchev–Trinajstić information content (AvgIpc) is 2.54. The molecular weight excluding hydrogens is 328 g/mol. The molecule has 1 amide bonds. The van der Waals surface area contributed by atoms with Gasteiger partial charge in [0, 0.05) is 18.0 Å². The van der Waals surface area contributed by atoms with E-state index in [2.05, 4.69) is 4.98 Å². The summed E-state index contributed by atoms with van der Waals surface area (Å²) in [5.74, 6) is -0.487. The predicted octanol–water partition coefficient (Wildman–Crippen LogP) is 1.86. The zero-order chi connectivity index (χ0) is 18.4. The van der Waals surface area contributed by atoms with Crippen LogP contribution in [0.3, 0.4) is 0 Å². The minimum atomic E-state index is -1.05. The van der Waals surface area contributed by atoms with Crippen LogP contribution >= 0.6 is 0 Å². The first kappa shape index (κ1) is 19.1. The summed E-state index contributed by atoms with van der Waals surface area (Å²) in [5, 5.41) is 9.44. The zero-order valence-corrected chi connectivity index (χ0v) is 14.7. The number of amides is 1. The van der Waals surface area contributed by atoms with Crippen LogP contribution in [0.2, 0.25) is 0 Å². The number of rotatable bonds is 5. The number of esters is 1. The fourth-order valence-electron chi connectivity index (χ4n) is 2.49. The molecule has 1 aromatic heterocycles. The molecule has 1 aliphatic heterocycles. The van der Waals surface area contributed by atoms with Gasteiger partial charge in [-0.2, -0.15) is 0 Å². The molecule has 0 bridgehead atoms. The molecule has 2 unspecified atom stereocenters. The summed E-state index contributed by atoms with van der Waals surface area (Å²) in [6.07, 6.45) is 1.88. The van der Waals surface area contributed by atoms with Gasteiger partial charge in [-0.3, -0.25) is 9.88 Å². The minimum absolute atomic E-state index is 0.0608.